The van der Waals surface area contributed by atoms with Crippen molar-refractivity contribution in [2.24, 2.45) is 11.1 Å². The highest BCUT2D eigenvalue weighted by Gasteiger charge is 2.59. The summed E-state index contributed by atoms with van der Waals surface area (Å²) >= 11 is 6.15. The van der Waals surface area contributed by atoms with Crippen molar-refractivity contribution in [2.75, 3.05) is 0 Å². The van der Waals surface area contributed by atoms with Crippen LogP contribution in [0.1, 0.15) is 38.7 Å². The van der Waals surface area contributed by atoms with E-state index < -0.39 is 17.0 Å². The molecule has 22 heavy (non-hydrogen) atoms. The highest BCUT2D eigenvalue weighted by Crippen LogP contribution is 2.53. The first-order valence-corrected chi connectivity index (χ1v) is 7.96. The third kappa shape index (κ3) is 2.04. The van der Waals surface area contributed by atoms with Gasteiger partial charge in [-0.2, -0.15) is 5.26 Å². The van der Waals surface area contributed by atoms with Crippen molar-refractivity contribution in [3.63, 3.8) is 0 Å². The van der Waals surface area contributed by atoms with E-state index in [9.17, 15) is 10.1 Å². The zero-order valence-electron chi connectivity index (χ0n) is 12.8. The molecule has 116 valence electrons. The third-order valence-corrected chi connectivity index (χ3v) is 5.43. The summed E-state index contributed by atoms with van der Waals surface area (Å²) in [6.07, 6.45) is 2.22. The molecular weight excluding hydrogens is 298 g/mol. The molecule has 0 radical (unpaired) electrons. The number of hydrogen-bond acceptors (Lipinski definition) is 3. The van der Waals surface area contributed by atoms with E-state index in [0.29, 0.717) is 11.4 Å². The molecule has 1 aromatic rings. The molecule has 0 aliphatic carbocycles. The summed E-state index contributed by atoms with van der Waals surface area (Å²) < 4.78 is 0. The van der Waals surface area contributed by atoms with Gasteiger partial charge in [0.1, 0.15) is 0 Å². The number of fused-ring (bicyclic) bond motifs is 1. The number of nitrogens with zero attached hydrogens (tertiary/aromatic N) is 2. The Morgan fingerprint density at radius 1 is 1.50 bits per heavy atom. The number of amides is 1. The van der Waals surface area contributed by atoms with E-state index >= 15 is 0 Å². The van der Waals surface area contributed by atoms with Crippen molar-refractivity contribution in [2.45, 2.75) is 50.7 Å². The van der Waals surface area contributed by atoms with E-state index in [-0.39, 0.29) is 11.9 Å². The first-order valence-electron chi connectivity index (χ1n) is 7.58. The average molecular weight is 318 g/mol. The van der Waals surface area contributed by atoms with Crippen molar-refractivity contribution in [1.29, 1.82) is 5.26 Å². The summed E-state index contributed by atoms with van der Waals surface area (Å²) in [6, 6.07) is 9.39. The van der Waals surface area contributed by atoms with Gasteiger partial charge in [-0.3, -0.25) is 4.79 Å². The third-order valence-electron chi connectivity index (χ3n) is 5.20. The number of carbonyl (C=O) groups is 1. The quantitative estimate of drug-likeness (QED) is 0.911. The SMILES string of the molecule is CC(C)(C#N)[C@H]1CC[C@]2(c3cccc(Cl)c3)C[C@H](N)C(=O)N12. The Balaban J connectivity index is 2.11. The van der Waals surface area contributed by atoms with Gasteiger partial charge in [0.05, 0.1) is 29.1 Å². The van der Waals surface area contributed by atoms with Gasteiger partial charge in [0.15, 0.2) is 0 Å². The molecule has 1 amide bonds. The molecule has 1 aromatic carbocycles. The van der Waals surface area contributed by atoms with Gasteiger partial charge in [0, 0.05) is 5.02 Å². The van der Waals surface area contributed by atoms with Crippen LogP contribution in [0, 0.1) is 16.7 Å². The first-order chi connectivity index (χ1) is 10.3. The molecule has 4 nitrogen and oxygen atoms in total. The Kier molecular flexibility index (Phi) is 3.47. The molecular formula is C17H20ClN3O. The fourth-order valence-corrected chi connectivity index (χ4v) is 4.25. The van der Waals surface area contributed by atoms with Crippen LogP contribution in [-0.2, 0) is 10.3 Å². The second kappa shape index (κ2) is 4.97. The average Bonchev–Trinajstić information content (AvgIpc) is 2.97. The summed E-state index contributed by atoms with van der Waals surface area (Å²) in [5.74, 6) is -0.0502. The topological polar surface area (TPSA) is 70.1 Å². The normalized spacial score (nSPS) is 31.2. The smallest absolute Gasteiger partial charge is 0.240 e. The molecule has 2 heterocycles. The first kappa shape index (κ1) is 15.3. The Morgan fingerprint density at radius 2 is 2.23 bits per heavy atom. The molecule has 2 saturated heterocycles. The lowest BCUT2D eigenvalue weighted by molar-refractivity contribution is -0.134. The standard InChI is InChI=1S/C17H20ClN3O/c1-16(2,10-19)14-6-7-17(9-13(20)15(22)21(14)17)11-4-3-5-12(18)8-11/h3-5,8,13-14H,6-7,9,20H2,1-2H3/t13-,14+,17+/m0/s1. The van der Waals surface area contributed by atoms with Crippen LogP contribution >= 0.6 is 11.6 Å². The van der Waals surface area contributed by atoms with Gasteiger partial charge in [-0.1, -0.05) is 23.7 Å². The van der Waals surface area contributed by atoms with Crippen molar-refractivity contribution in [1.82, 2.24) is 4.90 Å². The van der Waals surface area contributed by atoms with Gasteiger partial charge in [0.25, 0.3) is 0 Å². The van der Waals surface area contributed by atoms with Crippen LogP contribution in [0.3, 0.4) is 0 Å². The molecule has 0 aromatic heterocycles. The Labute approximate surface area is 135 Å². The zero-order chi connectivity index (χ0) is 16.1. The van der Waals surface area contributed by atoms with Crippen LogP contribution < -0.4 is 5.73 Å². The van der Waals surface area contributed by atoms with Crippen LogP contribution in [0.25, 0.3) is 0 Å². The molecule has 0 spiro atoms. The number of nitriles is 1. The molecule has 3 atom stereocenters. The number of nitrogens with two attached hydrogens (primary N) is 1. The summed E-state index contributed by atoms with van der Waals surface area (Å²) in [6.45, 7) is 3.78. The Hall–Kier alpha value is -1.57. The van der Waals surface area contributed by atoms with Crippen molar-refractivity contribution >= 4 is 17.5 Å². The van der Waals surface area contributed by atoms with Crippen LogP contribution in [0.4, 0.5) is 0 Å². The molecule has 0 saturated carbocycles. The maximum Gasteiger partial charge on any atom is 0.240 e. The largest absolute Gasteiger partial charge is 0.327 e. The van der Waals surface area contributed by atoms with Crippen molar-refractivity contribution in [3.8, 4) is 6.07 Å². The van der Waals surface area contributed by atoms with Crippen molar-refractivity contribution < 1.29 is 4.79 Å². The molecule has 2 N–H and O–H groups in total. The van der Waals surface area contributed by atoms with Crippen LogP contribution in [0.5, 0.6) is 0 Å². The van der Waals surface area contributed by atoms with E-state index in [0.717, 1.165) is 18.4 Å². The highest BCUT2D eigenvalue weighted by molar-refractivity contribution is 6.30. The molecule has 5 heteroatoms. The van der Waals surface area contributed by atoms with E-state index in [2.05, 4.69) is 6.07 Å². The molecule has 2 aliphatic rings. The highest BCUT2D eigenvalue weighted by atomic mass is 35.5. The second-order valence-corrected chi connectivity index (χ2v) is 7.39. The van der Waals surface area contributed by atoms with Gasteiger partial charge >= 0.3 is 0 Å². The summed E-state index contributed by atoms with van der Waals surface area (Å²) in [7, 11) is 0. The number of halogens is 1. The van der Waals surface area contributed by atoms with Crippen LogP contribution in [0.2, 0.25) is 5.02 Å². The maximum absolute atomic E-state index is 12.7. The van der Waals surface area contributed by atoms with Crippen LogP contribution in [0.15, 0.2) is 24.3 Å². The Bertz CT molecular complexity index is 666. The number of hydrogen-bond donors (Lipinski definition) is 1. The maximum atomic E-state index is 12.7. The molecule has 0 unspecified atom stereocenters. The molecule has 2 fully saturated rings. The number of benzene rings is 1. The fourth-order valence-electron chi connectivity index (χ4n) is 4.06. The lowest BCUT2D eigenvalue weighted by Crippen LogP contribution is -2.49. The minimum Gasteiger partial charge on any atom is -0.327 e. The van der Waals surface area contributed by atoms with Gasteiger partial charge in [-0.15, -0.1) is 0 Å². The summed E-state index contributed by atoms with van der Waals surface area (Å²) in [5, 5.41) is 10.1. The lowest BCUT2D eigenvalue weighted by Gasteiger charge is -2.39. The number of rotatable bonds is 2. The minimum atomic E-state index is -0.597. The van der Waals surface area contributed by atoms with Gasteiger partial charge < -0.3 is 10.6 Å². The van der Waals surface area contributed by atoms with Gasteiger partial charge in [-0.25, -0.2) is 0 Å². The summed E-state index contributed by atoms with van der Waals surface area (Å²) in [4.78, 5) is 14.6. The predicted molar refractivity (Wildman–Crippen MR) is 85.0 cm³/mol. The fraction of sp³-hybridized carbons (Fsp3) is 0.529. The Morgan fingerprint density at radius 3 is 2.86 bits per heavy atom. The lowest BCUT2D eigenvalue weighted by atomic mass is 9.83. The second-order valence-electron chi connectivity index (χ2n) is 6.95. The predicted octanol–water partition coefficient (Wildman–Crippen LogP) is 2.81. The molecule has 3 rings (SSSR count). The summed E-state index contributed by atoms with van der Waals surface area (Å²) in [5.41, 5.74) is 6.08. The molecule has 2 aliphatic heterocycles. The van der Waals surface area contributed by atoms with E-state index in [1.54, 1.807) is 0 Å². The van der Waals surface area contributed by atoms with E-state index in [1.165, 1.54) is 0 Å². The monoisotopic (exact) mass is 317 g/mol. The van der Waals surface area contributed by atoms with E-state index in [1.807, 2.05) is 43.0 Å². The van der Waals surface area contributed by atoms with Crippen LogP contribution in [-0.4, -0.2) is 22.9 Å². The number of carbonyl (C=O) groups excluding carboxylic acids is 1. The van der Waals surface area contributed by atoms with Gasteiger partial charge in [0.2, 0.25) is 5.91 Å². The van der Waals surface area contributed by atoms with Crippen molar-refractivity contribution in [3.05, 3.63) is 34.9 Å². The zero-order valence-corrected chi connectivity index (χ0v) is 13.6. The van der Waals surface area contributed by atoms with Gasteiger partial charge in [-0.05, 0) is 50.8 Å². The van der Waals surface area contributed by atoms with E-state index in [4.69, 9.17) is 17.3 Å². The minimum absolute atomic E-state index is 0.0502. The molecule has 0 bridgehead atoms.